The van der Waals surface area contributed by atoms with E-state index in [-0.39, 0.29) is 25.0 Å². The van der Waals surface area contributed by atoms with E-state index < -0.39 is 0 Å². The third-order valence-corrected chi connectivity index (χ3v) is 4.04. The van der Waals surface area contributed by atoms with Crippen LogP contribution in [-0.2, 0) is 20.9 Å². The number of ether oxygens (including phenoxy) is 1. The molecule has 0 bridgehead atoms. The zero-order chi connectivity index (χ0) is 17.4. The van der Waals surface area contributed by atoms with Gasteiger partial charge in [-0.3, -0.25) is 9.59 Å². The van der Waals surface area contributed by atoms with Crippen LogP contribution >= 0.6 is 11.3 Å². The normalized spacial score (nSPS) is 10.6. The molecule has 0 aliphatic rings. The van der Waals surface area contributed by atoms with Crippen molar-refractivity contribution in [3.63, 3.8) is 0 Å². The highest BCUT2D eigenvalue weighted by molar-refractivity contribution is 7.13. The van der Waals surface area contributed by atoms with Crippen LogP contribution in [0, 0.1) is 0 Å². The minimum atomic E-state index is -0.361. The average Bonchev–Trinajstić information content (AvgIpc) is 3.23. The molecule has 2 heterocycles. The van der Waals surface area contributed by atoms with Crippen molar-refractivity contribution in [1.29, 1.82) is 0 Å². The Kier molecular flexibility index (Phi) is 6.92. The van der Waals surface area contributed by atoms with Crippen LogP contribution in [0.2, 0.25) is 0 Å². The Morgan fingerprint density at radius 3 is 2.79 bits per heavy atom. The van der Waals surface area contributed by atoms with Crippen molar-refractivity contribution in [2.45, 2.75) is 39.7 Å². The second kappa shape index (κ2) is 9.17. The van der Waals surface area contributed by atoms with Crippen LogP contribution in [0.5, 0.6) is 0 Å². The minimum absolute atomic E-state index is 0.205. The molecule has 8 heteroatoms. The lowest BCUT2D eigenvalue weighted by molar-refractivity contribution is -0.152. The lowest BCUT2D eigenvalue weighted by atomic mass is 10.3. The third kappa shape index (κ3) is 5.16. The highest BCUT2D eigenvalue weighted by Gasteiger charge is 2.19. The van der Waals surface area contributed by atoms with E-state index in [2.05, 4.69) is 10.2 Å². The Balaban J connectivity index is 1.95. The van der Waals surface area contributed by atoms with Crippen LogP contribution < -0.4 is 0 Å². The van der Waals surface area contributed by atoms with Gasteiger partial charge >= 0.3 is 5.97 Å². The summed E-state index contributed by atoms with van der Waals surface area (Å²) in [7, 11) is 0. The maximum atomic E-state index is 12.2. The minimum Gasteiger partial charge on any atom is -0.456 e. The molecule has 0 radical (unpaired) electrons. The van der Waals surface area contributed by atoms with Gasteiger partial charge in [0.15, 0.2) is 6.61 Å². The number of rotatable bonds is 9. The Hall–Kier alpha value is -2.22. The molecule has 24 heavy (non-hydrogen) atoms. The van der Waals surface area contributed by atoms with Crippen molar-refractivity contribution in [3.8, 4) is 10.8 Å². The molecular formula is C16H21N3O4S. The van der Waals surface area contributed by atoms with Crippen molar-refractivity contribution in [2.24, 2.45) is 0 Å². The number of carbonyl (C=O) groups excluding carboxylic acids is 2. The second-order valence-corrected chi connectivity index (χ2v) is 6.15. The van der Waals surface area contributed by atoms with Gasteiger partial charge < -0.3 is 14.1 Å². The summed E-state index contributed by atoms with van der Waals surface area (Å²) < 4.78 is 10.6. The lowest BCUT2D eigenvalue weighted by Crippen LogP contribution is -2.35. The number of aromatic nitrogens is 2. The quantitative estimate of drug-likeness (QED) is 0.646. The first-order valence-electron chi connectivity index (χ1n) is 7.93. The van der Waals surface area contributed by atoms with Crippen molar-refractivity contribution in [2.75, 3.05) is 13.2 Å². The van der Waals surface area contributed by atoms with Gasteiger partial charge in [-0.2, -0.15) is 0 Å². The number of nitrogens with zero attached hydrogens (tertiary/aromatic N) is 3. The molecule has 2 rings (SSSR count). The Morgan fingerprint density at radius 2 is 2.12 bits per heavy atom. The number of hydrogen-bond donors (Lipinski definition) is 0. The zero-order valence-corrected chi connectivity index (χ0v) is 14.7. The van der Waals surface area contributed by atoms with E-state index in [0.717, 1.165) is 11.3 Å². The third-order valence-electron chi connectivity index (χ3n) is 3.18. The summed E-state index contributed by atoms with van der Waals surface area (Å²) in [5, 5.41) is 9.92. The van der Waals surface area contributed by atoms with Crippen LogP contribution in [0.25, 0.3) is 10.8 Å². The van der Waals surface area contributed by atoms with Crippen molar-refractivity contribution < 1.29 is 18.7 Å². The van der Waals surface area contributed by atoms with E-state index in [0.29, 0.717) is 31.2 Å². The standard InChI is InChI=1S/C16H21N3O4S/c1-3-6-15(21)22-11-14(20)19(8-4-2)10-13-17-18-16(23-13)12-7-5-9-24-12/h5,7,9H,3-4,6,8,10-11H2,1-2H3. The summed E-state index contributed by atoms with van der Waals surface area (Å²) >= 11 is 1.51. The second-order valence-electron chi connectivity index (χ2n) is 5.20. The molecule has 0 unspecified atom stereocenters. The molecule has 0 aliphatic heterocycles. The molecule has 0 aliphatic carbocycles. The van der Waals surface area contributed by atoms with E-state index in [4.69, 9.17) is 9.15 Å². The van der Waals surface area contributed by atoms with Gasteiger partial charge in [0.2, 0.25) is 5.89 Å². The van der Waals surface area contributed by atoms with Crippen LogP contribution in [0.1, 0.15) is 39.0 Å². The summed E-state index contributed by atoms with van der Waals surface area (Å²) in [5.41, 5.74) is 0. The highest BCUT2D eigenvalue weighted by atomic mass is 32.1. The first-order chi connectivity index (χ1) is 11.6. The molecule has 0 saturated heterocycles. The van der Waals surface area contributed by atoms with Gasteiger partial charge in [-0.05, 0) is 24.3 Å². The van der Waals surface area contributed by atoms with Crippen molar-refractivity contribution in [3.05, 3.63) is 23.4 Å². The smallest absolute Gasteiger partial charge is 0.306 e. The van der Waals surface area contributed by atoms with Gasteiger partial charge in [-0.15, -0.1) is 21.5 Å². The molecule has 0 fully saturated rings. The van der Waals surface area contributed by atoms with Gasteiger partial charge in [0.1, 0.15) is 0 Å². The molecule has 0 spiro atoms. The van der Waals surface area contributed by atoms with E-state index in [1.54, 1.807) is 4.90 Å². The van der Waals surface area contributed by atoms with Gasteiger partial charge in [0.05, 0.1) is 11.4 Å². The average molecular weight is 351 g/mol. The SMILES string of the molecule is CCCC(=O)OCC(=O)N(CCC)Cc1nnc(-c2cccs2)o1. The van der Waals surface area contributed by atoms with Crippen molar-refractivity contribution >= 4 is 23.2 Å². The predicted octanol–water partition coefficient (Wildman–Crippen LogP) is 2.88. The largest absolute Gasteiger partial charge is 0.456 e. The first kappa shape index (κ1) is 18.1. The number of esters is 1. The van der Waals surface area contributed by atoms with E-state index in [1.807, 2.05) is 31.4 Å². The number of carbonyl (C=O) groups is 2. The van der Waals surface area contributed by atoms with E-state index >= 15 is 0 Å². The van der Waals surface area contributed by atoms with Gasteiger partial charge in [-0.1, -0.05) is 19.9 Å². The summed E-state index contributed by atoms with van der Waals surface area (Å²) in [6.45, 7) is 4.32. The van der Waals surface area contributed by atoms with Crippen LogP contribution in [0.4, 0.5) is 0 Å². The topological polar surface area (TPSA) is 85.5 Å². The molecule has 130 valence electrons. The summed E-state index contributed by atoms with van der Waals surface area (Å²) in [4.78, 5) is 26.1. The Bertz CT molecular complexity index is 654. The monoisotopic (exact) mass is 351 g/mol. The molecule has 2 aromatic rings. The molecule has 0 aromatic carbocycles. The zero-order valence-electron chi connectivity index (χ0n) is 13.9. The van der Waals surface area contributed by atoms with Crippen LogP contribution in [0.3, 0.4) is 0 Å². The first-order valence-corrected chi connectivity index (χ1v) is 8.81. The maximum absolute atomic E-state index is 12.2. The molecule has 0 N–H and O–H groups in total. The van der Waals surface area contributed by atoms with Crippen LogP contribution in [-0.4, -0.2) is 40.1 Å². The highest BCUT2D eigenvalue weighted by Crippen LogP contribution is 2.23. The summed E-state index contributed by atoms with van der Waals surface area (Å²) in [6, 6.07) is 3.80. The lowest BCUT2D eigenvalue weighted by Gasteiger charge is -2.20. The molecular weight excluding hydrogens is 330 g/mol. The molecule has 0 atom stereocenters. The fraction of sp³-hybridized carbons (Fsp3) is 0.500. The number of amides is 1. The van der Waals surface area contributed by atoms with Crippen LogP contribution in [0.15, 0.2) is 21.9 Å². The van der Waals surface area contributed by atoms with Gasteiger partial charge in [0, 0.05) is 13.0 Å². The number of thiophene rings is 1. The van der Waals surface area contributed by atoms with Gasteiger partial charge in [-0.25, -0.2) is 0 Å². The molecule has 1 amide bonds. The summed E-state index contributed by atoms with van der Waals surface area (Å²) in [6.07, 6.45) is 1.79. The predicted molar refractivity (Wildman–Crippen MR) is 89.2 cm³/mol. The van der Waals surface area contributed by atoms with E-state index in [9.17, 15) is 9.59 Å². The Morgan fingerprint density at radius 1 is 1.29 bits per heavy atom. The molecule has 2 aromatic heterocycles. The molecule has 0 saturated carbocycles. The summed E-state index contributed by atoms with van der Waals surface area (Å²) in [5.74, 6) is 0.176. The fourth-order valence-electron chi connectivity index (χ4n) is 2.05. The van der Waals surface area contributed by atoms with Gasteiger partial charge in [0.25, 0.3) is 11.8 Å². The number of hydrogen-bond acceptors (Lipinski definition) is 7. The van der Waals surface area contributed by atoms with Crippen molar-refractivity contribution in [1.82, 2.24) is 15.1 Å². The fourth-order valence-corrected chi connectivity index (χ4v) is 2.70. The Labute approximate surface area is 144 Å². The molecule has 7 nitrogen and oxygen atoms in total. The van der Waals surface area contributed by atoms with E-state index in [1.165, 1.54) is 11.3 Å². The maximum Gasteiger partial charge on any atom is 0.306 e.